The van der Waals surface area contributed by atoms with Crippen molar-refractivity contribution >= 4 is 29.2 Å². The maximum Gasteiger partial charge on any atom is 0.416 e. The largest absolute Gasteiger partial charge is 0.481 e. The molecule has 2 amide bonds. The van der Waals surface area contributed by atoms with Crippen molar-refractivity contribution in [1.82, 2.24) is 0 Å². The Morgan fingerprint density at radius 1 is 0.818 bits per heavy atom. The van der Waals surface area contributed by atoms with Crippen molar-refractivity contribution < 1.29 is 32.7 Å². The lowest BCUT2D eigenvalue weighted by molar-refractivity contribution is -0.138. The van der Waals surface area contributed by atoms with E-state index in [0.717, 1.165) is 29.8 Å². The maximum absolute atomic E-state index is 12.8. The number of aliphatic carboxylic acids is 1. The van der Waals surface area contributed by atoms with E-state index in [2.05, 4.69) is 10.6 Å². The van der Waals surface area contributed by atoms with Gasteiger partial charge in [0.2, 0.25) is 0 Å². The number of amides is 2. The monoisotopic (exact) mass is 456 g/mol. The highest BCUT2D eigenvalue weighted by molar-refractivity contribution is 6.12. The molecule has 3 aromatic carbocycles. The van der Waals surface area contributed by atoms with Crippen molar-refractivity contribution in [2.45, 2.75) is 19.0 Å². The second-order valence-corrected chi connectivity index (χ2v) is 7.12. The fourth-order valence-corrected chi connectivity index (χ4v) is 3.05. The maximum atomic E-state index is 12.8. The number of anilines is 2. The van der Waals surface area contributed by atoms with Crippen LogP contribution in [0, 0.1) is 0 Å². The summed E-state index contributed by atoms with van der Waals surface area (Å²) in [6, 6.07) is 16.7. The molecule has 0 heterocycles. The van der Waals surface area contributed by atoms with E-state index in [1.807, 2.05) is 0 Å². The molecule has 33 heavy (non-hydrogen) atoms. The minimum atomic E-state index is -4.51. The first-order valence-electron chi connectivity index (χ1n) is 9.83. The van der Waals surface area contributed by atoms with Gasteiger partial charge in [0.15, 0.2) is 0 Å². The van der Waals surface area contributed by atoms with E-state index in [-0.39, 0.29) is 23.2 Å². The molecule has 0 aliphatic rings. The molecular weight excluding hydrogens is 437 g/mol. The van der Waals surface area contributed by atoms with Gasteiger partial charge in [0, 0.05) is 17.7 Å². The van der Waals surface area contributed by atoms with Crippen LogP contribution in [0.1, 0.15) is 38.3 Å². The number of rotatable bonds is 7. The molecule has 0 saturated carbocycles. The molecular formula is C24H19F3N2O4. The van der Waals surface area contributed by atoms with Crippen LogP contribution >= 0.6 is 0 Å². The average molecular weight is 456 g/mol. The number of hydrogen-bond donors (Lipinski definition) is 3. The number of hydrogen-bond acceptors (Lipinski definition) is 3. The molecule has 0 fully saturated rings. The van der Waals surface area contributed by atoms with Gasteiger partial charge in [-0.1, -0.05) is 24.3 Å². The number of benzene rings is 3. The lowest BCUT2D eigenvalue weighted by Gasteiger charge is -2.13. The van der Waals surface area contributed by atoms with Crippen LogP contribution < -0.4 is 10.6 Å². The third-order valence-electron chi connectivity index (χ3n) is 4.71. The van der Waals surface area contributed by atoms with E-state index in [9.17, 15) is 27.6 Å². The third-order valence-corrected chi connectivity index (χ3v) is 4.71. The molecule has 0 aromatic heterocycles. The summed E-state index contributed by atoms with van der Waals surface area (Å²) in [6.07, 6.45) is -4.25. The van der Waals surface area contributed by atoms with Gasteiger partial charge >= 0.3 is 12.1 Å². The standard InChI is InChI=1S/C24H19F3N2O4/c25-24(26,27)17-11-9-16(10-12-17)22(32)29-20-7-2-1-6-19(20)23(33)28-18-5-3-4-15(14-18)8-13-21(30)31/h1-7,9-12,14H,8,13H2,(H,28,33)(H,29,32)(H,30,31). The molecule has 0 spiro atoms. The molecule has 170 valence electrons. The molecule has 0 unspecified atom stereocenters. The predicted octanol–water partition coefficient (Wildman–Crippen LogP) is 5.23. The second-order valence-electron chi connectivity index (χ2n) is 7.12. The van der Waals surface area contributed by atoms with E-state index < -0.39 is 29.5 Å². The summed E-state index contributed by atoms with van der Waals surface area (Å²) in [4.78, 5) is 36.1. The Morgan fingerprint density at radius 2 is 1.52 bits per heavy atom. The minimum absolute atomic E-state index is 0.00402. The van der Waals surface area contributed by atoms with Crippen LogP contribution in [0.2, 0.25) is 0 Å². The fourth-order valence-electron chi connectivity index (χ4n) is 3.05. The van der Waals surface area contributed by atoms with E-state index >= 15 is 0 Å². The lowest BCUT2D eigenvalue weighted by Crippen LogP contribution is -2.18. The first-order chi connectivity index (χ1) is 15.6. The van der Waals surface area contributed by atoms with Crippen molar-refractivity contribution in [2.75, 3.05) is 10.6 Å². The number of halogens is 3. The molecule has 0 aliphatic carbocycles. The van der Waals surface area contributed by atoms with Crippen molar-refractivity contribution in [3.05, 3.63) is 95.1 Å². The smallest absolute Gasteiger partial charge is 0.416 e. The number of aryl methyl sites for hydroxylation is 1. The van der Waals surface area contributed by atoms with E-state index in [4.69, 9.17) is 5.11 Å². The van der Waals surface area contributed by atoms with Gasteiger partial charge in [0.25, 0.3) is 11.8 Å². The first-order valence-corrected chi connectivity index (χ1v) is 9.83. The first kappa shape index (κ1) is 23.5. The Kier molecular flexibility index (Phi) is 7.12. The minimum Gasteiger partial charge on any atom is -0.481 e. The molecule has 0 aliphatic heterocycles. The number of carboxylic acids is 1. The highest BCUT2D eigenvalue weighted by Gasteiger charge is 2.30. The lowest BCUT2D eigenvalue weighted by atomic mass is 10.1. The van der Waals surface area contributed by atoms with Crippen LogP contribution in [-0.4, -0.2) is 22.9 Å². The molecule has 3 aromatic rings. The SMILES string of the molecule is O=C(O)CCc1cccc(NC(=O)c2ccccc2NC(=O)c2ccc(C(F)(F)F)cc2)c1. The van der Waals surface area contributed by atoms with Crippen LogP contribution in [0.5, 0.6) is 0 Å². The summed E-state index contributed by atoms with van der Waals surface area (Å²) in [5, 5.41) is 14.1. The quantitative estimate of drug-likeness (QED) is 0.454. The van der Waals surface area contributed by atoms with Crippen LogP contribution in [0.15, 0.2) is 72.8 Å². The third kappa shape index (κ3) is 6.42. The van der Waals surface area contributed by atoms with E-state index in [1.54, 1.807) is 36.4 Å². The number of alkyl halides is 3. The summed E-state index contributed by atoms with van der Waals surface area (Å²) in [7, 11) is 0. The number of carbonyl (C=O) groups is 3. The topological polar surface area (TPSA) is 95.5 Å². The van der Waals surface area contributed by atoms with Crippen molar-refractivity contribution in [2.24, 2.45) is 0 Å². The number of nitrogens with one attached hydrogen (secondary N) is 2. The van der Waals surface area contributed by atoms with Gasteiger partial charge in [-0.2, -0.15) is 13.2 Å². The zero-order valence-corrected chi connectivity index (χ0v) is 17.1. The van der Waals surface area contributed by atoms with Gasteiger partial charge in [-0.25, -0.2) is 0 Å². The molecule has 0 radical (unpaired) electrons. The second kappa shape index (κ2) is 9.99. The van der Waals surface area contributed by atoms with Gasteiger partial charge in [0.1, 0.15) is 0 Å². The van der Waals surface area contributed by atoms with Crippen LogP contribution in [-0.2, 0) is 17.4 Å². The molecule has 9 heteroatoms. The average Bonchev–Trinajstić information content (AvgIpc) is 2.78. The zero-order chi connectivity index (χ0) is 24.0. The Hall–Kier alpha value is -4.14. The summed E-state index contributed by atoms with van der Waals surface area (Å²) in [5.41, 5.74) is 0.648. The highest BCUT2D eigenvalue weighted by atomic mass is 19.4. The molecule has 0 bridgehead atoms. The van der Waals surface area contributed by atoms with Gasteiger partial charge in [-0.3, -0.25) is 14.4 Å². The summed E-state index contributed by atoms with van der Waals surface area (Å²) < 4.78 is 38.2. The highest BCUT2D eigenvalue weighted by Crippen LogP contribution is 2.29. The molecule has 3 N–H and O–H groups in total. The van der Waals surface area contributed by atoms with Gasteiger partial charge in [0.05, 0.1) is 16.8 Å². The fraction of sp³-hybridized carbons (Fsp3) is 0.125. The molecule has 0 saturated heterocycles. The van der Waals surface area contributed by atoms with Crippen molar-refractivity contribution in [3.63, 3.8) is 0 Å². The number of carboxylic acid groups (broad SMARTS) is 1. The van der Waals surface area contributed by atoms with E-state index in [1.165, 1.54) is 12.1 Å². The van der Waals surface area contributed by atoms with Crippen LogP contribution in [0.25, 0.3) is 0 Å². The Bertz CT molecular complexity index is 1170. The van der Waals surface area contributed by atoms with Crippen LogP contribution in [0.4, 0.5) is 24.5 Å². The summed E-state index contributed by atoms with van der Waals surface area (Å²) in [5.74, 6) is -2.12. The molecule has 6 nitrogen and oxygen atoms in total. The number of carbonyl (C=O) groups excluding carboxylic acids is 2. The van der Waals surface area contributed by atoms with E-state index in [0.29, 0.717) is 12.1 Å². The Balaban J connectivity index is 1.73. The zero-order valence-electron chi connectivity index (χ0n) is 17.1. The van der Waals surface area contributed by atoms with Crippen molar-refractivity contribution in [3.8, 4) is 0 Å². The Morgan fingerprint density at radius 3 is 2.18 bits per heavy atom. The molecule has 3 rings (SSSR count). The van der Waals surface area contributed by atoms with Gasteiger partial charge in [-0.15, -0.1) is 0 Å². The number of para-hydroxylation sites is 1. The van der Waals surface area contributed by atoms with Crippen molar-refractivity contribution in [1.29, 1.82) is 0 Å². The predicted molar refractivity (Wildman–Crippen MR) is 116 cm³/mol. The van der Waals surface area contributed by atoms with Gasteiger partial charge < -0.3 is 15.7 Å². The summed E-state index contributed by atoms with van der Waals surface area (Å²) in [6.45, 7) is 0. The van der Waals surface area contributed by atoms with Crippen LogP contribution in [0.3, 0.4) is 0 Å². The Labute approximate surface area is 187 Å². The molecule has 0 atom stereocenters. The normalized spacial score (nSPS) is 11.0. The summed E-state index contributed by atoms with van der Waals surface area (Å²) >= 11 is 0. The van der Waals surface area contributed by atoms with Gasteiger partial charge in [-0.05, 0) is 60.5 Å².